The van der Waals surface area contributed by atoms with Crippen molar-refractivity contribution in [3.8, 4) is 0 Å². The van der Waals surface area contributed by atoms with E-state index >= 15 is 0 Å². The molecule has 1 aromatic heterocycles. The average molecular weight is 551 g/mol. The number of oxime groups is 1. The number of aromatic nitrogens is 1. The lowest BCUT2D eigenvalue weighted by molar-refractivity contribution is -0.137. The highest BCUT2D eigenvalue weighted by Crippen LogP contribution is 2.36. The van der Waals surface area contributed by atoms with Crippen LogP contribution in [0.4, 0.5) is 29.5 Å². The van der Waals surface area contributed by atoms with Gasteiger partial charge in [0.25, 0.3) is 5.91 Å². The standard InChI is InChI=1S/C25H26ClF3N6O3/c26-19-2-1-9-30-21(19)33-12-14-34(15-13-33)22(36)20-16-24(38-32-20)7-10-35(11-8-24)23(37)31-18-5-3-17(4-6-18)25(27,28)29/h1-6,9H,7-8,10-16H2,(H,31,37). The van der Waals surface area contributed by atoms with Crippen LogP contribution in [0.3, 0.4) is 0 Å². The van der Waals surface area contributed by atoms with Crippen molar-refractivity contribution in [1.82, 2.24) is 14.8 Å². The maximum atomic E-state index is 13.1. The molecule has 1 spiro atoms. The molecule has 38 heavy (non-hydrogen) atoms. The lowest BCUT2D eigenvalue weighted by Gasteiger charge is -2.37. The molecule has 0 unspecified atom stereocenters. The first kappa shape index (κ1) is 26.1. The second kappa shape index (κ2) is 10.3. The van der Waals surface area contributed by atoms with Gasteiger partial charge in [-0.15, -0.1) is 0 Å². The molecule has 4 heterocycles. The third kappa shape index (κ3) is 5.50. The molecule has 13 heteroatoms. The summed E-state index contributed by atoms with van der Waals surface area (Å²) < 4.78 is 38.2. The highest BCUT2D eigenvalue weighted by Gasteiger charge is 2.45. The number of nitrogens with zero attached hydrogens (tertiary/aromatic N) is 5. The van der Waals surface area contributed by atoms with Crippen molar-refractivity contribution < 1.29 is 27.6 Å². The van der Waals surface area contributed by atoms with Crippen molar-refractivity contribution in [3.05, 3.63) is 53.2 Å². The Balaban J connectivity index is 1.09. The molecule has 3 aliphatic heterocycles. The number of piperidine rings is 1. The number of nitrogens with one attached hydrogen (secondary N) is 1. The van der Waals surface area contributed by atoms with Gasteiger partial charge in [0.2, 0.25) is 0 Å². The van der Waals surface area contributed by atoms with Crippen LogP contribution >= 0.6 is 11.6 Å². The summed E-state index contributed by atoms with van der Waals surface area (Å²) in [6.45, 7) is 2.96. The molecule has 0 atom stereocenters. The molecule has 0 saturated carbocycles. The summed E-state index contributed by atoms with van der Waals surface area (Å²) in [6.07, 6.45) is -1.41. The van der Waals surface area contributed by atoms with Crippen LogP contribution in [0.5, 0.6) is 0 Å². The van der Waals surface area contributed by atoms with Gasteiger partial charge in [0, 0.05) is 70.4 Å². The molecule has 9 nitrogen and oxygen atoms in total. The van der Waals surface area contributed by atoms with Crippen molar-refractivity contribution >= 4 is 40.8 Å². The van der Waals surface area contributed by atoms with E-state index in [4.69, 9.17) is 16.4 Å². The first-order chi connectivity index (χ1) is 18.1. The van der Waals surface area contributed by atoms with Gasteiger partial charge >= 0.3 is 12.2 Å². The number of hydrogen-bond donors (Lipinski definition) is 1. The summed E-state index contributed by atoms with van der Waals surface area (Å²) in [7, 11) is 0. The van der Waals surface area contributed by atoms with E-state index in [-0.39, 0.29) is 11.6 Å². The van der Waals surface area contributed by atoms with Gasteiger partial charge in [-0.25, -0.2) is 9.78 Å². The van der Waals surface area contributed by atoms with Gasteiger partial charge in [0.1, 0.15) is 17.1 Å². The van der Waals surface area contributed by atoms with E-state index in [1.54, 1.807) is 28.1 Å². The highest BCUT2D eigenvalue weighted by molar-refractivity contribution is 6.39. The Hall–Kier alpha value is -3.54. The van der Waals surface area contributed by atoms with Crippen molar-refractivity contribution in [3.63, 3.8) is 0 Å². The lowest BCUT2D eigenvalue weighted by Crippen LogP contribution is -2.52. The molecular formula is C25H26ClF3N6O3. The van der Waals surface area contributed by atoms with Crippen LogP contribution < -0.4 is 10.2 Å². The van der Waals surface area contributed by atoms with E-state index in [0.717, 1.165) is 12.1 Å². The third-order valence-corrected chi connectivity index (χ3v) is 7.41. The van der Waals surface area contributed by atoms with E-state index in [1.807, 2.05) is 4.90 Å². The molecule has 3 amide bonds. The quantitative estimate of drug-likeness (QED) is 0.617. The number of pyridine rings is 1. The second-order valence-electron chi connectivity index (χ2n) is 9.57. The minimum absolute atomic E-state index is 0.156. The third-order valence-electron chi connectivity index (χ3n) is 7.12. The van der Waals surface area contributed by atoms with Crippen LogP contribution in [0.25, 0.3) is 0 Å². The number of hydrogen-bond acceptors (Lipinski definition) is 6. The fourth-order valence-corrected chi connectivity index (χ4v) is 5.12. The van der Waals surface area contributed by atoms with E-state index in [9.17, 15) is 22.8 Å². The fraction of sp³-hybridized carbons (Fsp3) is 0.440. The number of piperazine rings is 1. The molecule has 3 aliphatic rings. The number of benzene rings is 1. The van der Waals surface area contributed by atoms with Gasteiger partial charge in [0.05, 0.1) is 10.6 Å². The number of amides is 3. The van der Waals surface area contributed by atoms with E-state index in [2.05, 4.69) is 15.5 Å². The van der Waals surface area contributed by atoms with Gasteiger partial charge in [-0.05, 0) is 36.4 Å². The Morgan fingerprint density at radius 2 is 1.66 bits per heavy atom. The van der Waals surface area contributed by atoms with Gasteiger partial charge in [-0.3, -0.25) is 4.79 Å². The smallest absolute Gasteiger partial charge is 0.388 e. The summed E-state index contributed by atoms with van der Waals surface area (Å²) in [6, 6.07) is 7.46. The van der Waals surface area contributed by atoms with Crippen molar-refractivity contribution in [2.24, 2.45) is 5.16 Å². The summed E-state index contributed by atoms with van der Waals surface area (Å²) >= 11 is 6.25. The van der Waals surface area contributed by atoms with E-state index in [1.165, 1.54) is 12.1 Å². The minimum Gasteiger partial charge on any atom is -0.388 e. The van der Waals surface area contributed by atoms with Crippen LogP contribution in [0.1, 0.15) is 24.8 Å². The molecule has 2 saturated heterocycles. The Kier molecular flexibility index (Phi) is 7.08. The molecule has 2 fully saturated rings. The molecule has 1 aromatic carbocycles. The SMILES string of the molecule is O=C(Nc1ccc(C(F)(F)F)cc1)N1CCC2(CC1)CC(C(=O)N1CCN(c3ncccc3Cl)CC1)=NO2. The summed E-state index contributed by atoms with van der Waals surface area (Å²) in [5, 5.41) is 7.31. The number of alkyl halides is 3. The van der Waals surface area contributed by atoms with Crippen LogP contribution in [-0.4, -0.2) is 77.3 Å². The number of urea groups is 1. The zero-order valence-corrected chi connectivity index (χ0v) is 21.1. The first-order valence-electron chi connectivity index (χ1n) is 12.3. The van der Waals surface area contributed by atoms with Crippen LogP contribution in [-0.2, 0) is 15.8 Å². The number of likely N-dealkylation sites (tertiary alicyclic amines) is 1. The van der Waals surface area contributed by atoms with Crippen LogP contribution in [0.15, 0.2) is 47.8 Å². The fourth-order valence-electron chi connectivity index (χ4n) is 4.88. The van der Waals surface area contributed by atoms with Crippen LogP contribution in [0.2, 0.25) is 5.02 Å². The summed E-state index contributed by atoms with van der Waals surface area (Å²) in [5.41, 5.74) is -0.767. The Bertz CT molecular complexity index is 1220. The Morgan fingerprint density at radius 1 is 0.974 bits per heavy atom. The molecule has 0 bridgehead atoms. The van der Waals surface area contributed by atoms with E-state index < -0.39 is 23.4 Å². The largest absolute Gasteiger partial charge is 0.416 e. The number of carbonyl (C=O) groups is 2. The predicted octanol–water partition coefficient (Wildman–Crippen LogP) is 4.25. The molecular weight excluding hydrogens is 525 g/mol. The second-order valence-corrected chi connectivity index (χ2v) is 9.98. The molecule has 0 radical (unpaired) electrons. The summed E-state index contributed by atoms with van der Waals surface area (Å²) in [5.74, 6) is 0.548. The molecule has 0 aliphatic carbocycles. The number of halogens is 4. The van der Waals surface area contributed by atoms with Crippen molar-refractivity contribution in [2.45, 2.75) is 31.0 Å². The number of carbonyl (C=O) groups excluding carboxylic acids is 2. The zero-order chi connectivity index (χ0) is 26.9. The van der Waals surface area contributed by atoms with Crippen molar-refractivity contribution in [2.75, 3.05) is 49.5 Å². The lowest BCUT2D eigenvalue weighted by atomic mass is 9.86. The average Bonchev–Trinajstić information content (AvgIpc) is 3.32. The minimum atomic E-state index is -4.43. The molecule has 202 valence electrons. The molecule has 2 aromatic rings. The predicted molar refractivity (Wildman–Crippen MR) is 135 cm³/mol. The molecule has 5 rings (SSSR count). The Labute approximate surface area is 222 Å². The highest BCUT2D eigenvalue weighted by atomic mass is 35.5. The normalized spacial score (nSPS) is 19.3. The van der Waals surface area contributed by atoms with Gasteiger partial charge in [0.15, 0.2) is 0 Å². The summed E-state index contributed by atoms with van der Waals surface area (Å²) in [4.78, 5) is 41.2. The monoisotopic (exact) mass is 550 g/mol. The number of rotatable bonds is 3. The Morgan fingerprint density at radius 3 is 2.29 bits per heavy atom. The number of anilines is 2. The van der Waals surface area contributed by atoms with Gasteiger partial charge in [-0.1, -0.05) is 16.8 Å². The first-order valence-corrected chi connectivity index (χ1v) is 12.6. The maximum Gasteiger partial charge on any atom is 0.416 e. The van der Waals surface area contributed by atoms with Crippen LogP contribution in [0, 0.1) is 0 Å². The topological polar surface area (TPSA) is 90.4 Å². The maximum absolute atomic E-state index is 13.1. The zero-order valence-electron chi connectivity index (χ0n) is 20.4. The van der Waals surface area contributed by atoms with Gasteiger partial charge in [-0.2, -0.15) is 13.2 Å². The van der Waals surface area contributed by atoms with E-state index in [0.29, 0.717) is 75.1 Å². The van der Waals surface area contributed by atoms with Gasteiger partial charge < -0.3 is 24.9 Å². The molecule has 1 N–H and O–H groups in total. The van der Waals surface area contributed by atoms with Crippen molar-refractivity contribution in [1.29, 1.82) is 0 Å².